The molecule has 0 atom stereocenters. The van der Waals surface area contributed by atoms with Gasteiger partial charge in [0.15, 0.2) is 5.96 Å². The minimum Gasteiger partial charge on any atom is -0.370 e. The van der Waals surface area contributed by atoms with E-state index in [1.165, 1.54) is 11.3 Å². The number of amides is 2. The summed E-state index contributed by atoms with van der Waals surface area (Å²) in [6.45, 7) is 5.30. The van der Waals surface area contributed by atoms with E-state index in [1.807, 2.05) is 48.7 Å². The molecular formula is C27H31ClN4O2S. The number of guanidine groups is 1. The number of rotatable bonds is 10. The van der Waals surface area contributed by atoms with Crippen LogP contribution < -0.4 is 16.4 Å². The van der Waals surface area contributed by atoms with Crippen molar-refractivity contribution in [1.82, 2.24) is 10.6 Å². The molecule has 4 N–H and O–H groups in total. The third kappa shape index (κ3) is 7.16. The monoisotopic (exact) mass is 510 g/mol. The lowest BCUT2D eigenvalue weighted by Crippen LogP contribution is -2.37. The molecule has 0 saturated heterocycles. The number of hydrogen-bond donors (Lipinski definition) is 3. The molecule has 2 amide bonds. The van der Waals surface area contributed by atoms with E-state index in [1.54, 1.807) is 12.1 Å². The average Bonchev–Trinajstić information content (AvgIpc) is 3.26. The summed E-state index contributed by atoms with van der Waals surface area (Å²) < 4.78 is 0. The lowest BCUT2D eigenvalue weighted by Gasteiger charge is -2.11. The second-order valence-electron chi connectivity index (χ2n) is 8.12. The van der Waals surface area contributed by atoms with Crippen molar-refractivity contribution in [3.05, 3.63) is 70.1 Å². The zero-order chi connectivity index (χ0) is 25.2. The molecule has 3 aromatic rings. The van der Waals surface area contributed by atoms with E-state index in [0.717, 1.165) is 46.4 Å². The van der Waals surface area contributed by atoms with E-state index in [9.17, 15) is 9.59 Å². The Morgan fingerprint density at radius 2 is 1.77 bits per heavy atom. The summed E-state index contributed by atoms with van der Waals surface area (Å²) in [7, 11) is 0. The number of thiophene rings is 1. The predicted octanol–water partition coefficient (Wildman–Crippen LogP) is 5.65. The van der Waals surface area contributed by atoms with Gasteiger partial charge in [0, 0.05) is 34.1 Å². The van der Waals surface area contributed by atoms with Crippen LogP contribution >= 0.6 is 22.9 Å². The van der Waals surface area contributed by atoms with E-state index in [2.05, 4.69) is 22.5 Å². The molecule has 0 saturated carbocycles. The van der Waals surface area contributed by atoms with E-state index in [4.69, 9.17) is 17.3 Å². The summed E-state index contributed by atoms with van der Waals surface area (Å²) in [4.78, 5) is 30.3. The molecule has 1 heterocycles. The first-order valence-electron chi connectivity index (χ1n) is 11.8. The predicted molar refractivity (Wildman–Crippen MR) is 146 cm³/mol. The molecule has 0 bridgehead atoms. The smallest absolute Gasteiger partial charge is 0.251 e. The van der Waals surface area contributed by atoms with Crippen molar-refractivity contribution in [2.45, 2.75) is 39.5 Å². The number of hydrogen-bond acceptors (Lipinski definition) is 4. The maximum atomic E-state index is 12.9. The largest absolute Gasteiger partial charge is 0.370 e. The summed E-state index contributed by atoms with van der Waals surface area (Å²) in [6, 6.07) is 15.0. The normalized spacial score (nSPS) is 11.3. The van der Waals surface area contributed by atoms with E-state index in [-0.39, 0.29) is 24.2 Å². The van der Waals surface area contributed by atoms with Crippen LogP contribution in [0.3, 0.4) is 0 Å². The van der Waals surface area contributed by atoms with Crippen LogP contribution in [0, 0.1) is 0 Å². The average molecular weight is 511 g/mol. The molecule has 0 fully saturated rings. The molecule has 0 aliphatic carbocycles. The number of aliphatic imine (C=N–C) groups is 1. The van der Waals surface area contributed by atoms with E-state index in [0.29, 0.717) is 23.7 Å². The van der Waals surface area contributed by atoms with Gasteiger partial charge < -0.3 is 11.1 Å². The Labute approximate surface area is 215 Å². The molecule has 0 unspecified atom stereocenters. The zero-order valence-electron chi connectivity index (χ0n) is 20.1. The van der Waals surface area contributed by atoms with Gasteiger partial charge >= 0.3 is 0 Å². The van der Waals surface area contributed by atoms with Crippen molar-refractivity contribution in [3.63, 3.8) is 0 Å². The van der Waals surface area contributed by atoms with Crippen LogP contribution in [0.15, 0.2) is 58.9 Å². The SMILES string of the molecule is CCCCN=C(N)NC(=O)Cc1c(-c2ccccc2Cl)csc1-c1ccc(C(=O)NCCC)cc1. The molecule has 6 nitrogen and oxygen atoms in total. The number of nitrogens with zero attached hydrogens (tertiary/aromatic N) is 1. The molecule has 3 rings (SSSR count). The first-order chi connectivity index (χ1) is 16.9. The molecule has 0 aliphatic rings. The molecular weight excluding hydrogens is 480 g/mol. The van der Waals surface area contributed by atoms with Crippen molar-refractivity contribution < 1.29 is 9.59 Å². The number of halogens is 1. The van der Waals surface area contributed by atoms with Crippen LogP contribution in [0.4, 0.5) is 0 Å². The van der Waals surface area contributed by atoms with Gasteiger partial charge in [-0.1, -0.05) is 62.2 Å². The highest BCUT2D eigenvalue weighted by molar-refractivity contribution is 7.14. The van der Waals surface area contributed by atoms with Gasteiger partial charge in [0.25, 0.3) is 5.91 Å². The number of carbonyl (C=O) groups is 2. The summed E-state index contributed by atoms with van der Waals surface area (Å²) in [5, 5.41) is 8.21. The zero-order valence-corrected chi connectivity index (χ0v) is 21.6. The van der Waals surface area contributed by atoms with Crippen molar-refractivity contribution in [2.75, 3.05) is 13.1 Å². The highest BCUT2D eigenvalue weighted by Crippen LogP contribution is 2.41. The van der Waals surface area contributed by atoms with Gasteiger partial charge in [0.05, 0.1) is 6.42 Å². The lowest BCUT2D eigenvalue weighted by atomic mass is 9.97. The molecule has 8 heteroatoms. The van der Waals surface area contributed by atoms with Crippen LogP contribution in [0.5, 0.6) is 0 Å². The molecule has 0 aliphatic heterocycles. The maximum absolute atomic E-state index is 12.9. The quantitative estimate of drug-likeness (QED) is 0.187. The first kappa shape index (κ1) is 26.4. The summed E-state index contributed by atoms with van der Waals surface area (Å²) in [5.74, 6) is -0.216. The minimum absolute atomic E-state index is 0.0984. The highest BCUT2D eigenvalue weighted by Gasteiger charge is 2.20. The Morgan fingerprint density at radius 3 is 2.46 bits per heavy atom. The fourth-order valence-corrected chi connectivity index (χ4v) is 4.90. The number of nitrogens with one attached hydrogen (secondary N) is 2. The van der Waals surface area contributed by atoms with Crippen molar-refractivity contribution >= 4 is 40.7 Å². The van der Waals surface area contributed by atoms with Gasteiger partial charge in [-0.15, -0.1) is 11.3 Å². The molecule has 35 heavy (non-hydrogen) atoms. The number of carbonyl (C=O) groups excluding carboxylic acids is 2. The van der Waals surface area contributed by atoms with Crippen molar-refractivity contribution in [2.24, 2.45) is 10.7 Å². The van der Waals surface area contributed by atoms with Crippen LogP contribution in [0.1, 0.15) is 49.0 Å². The Hall–Kier alpha value is -3.16. The third-order valence-electron chi connectivity index (χ3n) is 5.40. The van der Waals surface area contributed by atoms with Gasteiger partial charge in [0.2, 0.25) is 5.91 Å². The second-order valence-corrected chi connectivity index (χ2v) is 9.40. The number of unbranched alkanes of at least 4 members (excludes halogenated alkanes) is 1. The number of nitrogens with two attached hydrogens (primary N) is 1. The Kier molecular flexibility index (Phi) is 9.87. The number of benzene rings is 2. The fourth-order valence-electron chi connectivity index (χ4n) is 3.56. The maximum Gasteiger partial charge on any atom is 0.251 e. The van der Waals surface area contributed by atoms with Crippen LogP contribution in [-0.2, 0) is 11.2 Å². The second kappa shape index (κ2) is 13.1. The summed E-state index contributed by atoms with van der Waals surface area (Å²) in [5.41, 5.74) is 10.0. The third-order valence-corrected chi connectivity index (χ3v) is 6.80. The summed E-state index contributed by atoms with van der Waals surface area (Å²) in [6.07, 6.45) is 2.91. The van der Waals surface area contributed by atoms with Gasteiger partial charge in [0.1, 0.15) is 0 Å². The summed E-state index contributed by atoms with van der Waals surface area (Å²) >= 11 is 8.03. The van der Waals surface area contributed by atoms with E-state index >= 15 is 0 Å². The lowest BCUT2D eigenvalue weighted by molar-refractivity contribution is -0.119. The molecule has 0 radical (unpaired) electrons. The molecule has 2 aromatic carbocycles. The van der Waals surface area contributed by atoms with Gasteiger partial charge in [-0.3, -0.25) is 19.9 Å². The van der Waals surface area contributed by atoms with Crippen LogP contribution in [-0.4, -0.2) is 30.9 Å². The topological polar surface area (TPSA) is 96.6 Å². The van der Waals surface area contributed by atoms with Gasteiger partial charge in [-0.05, 0) is 53.1 Å². The Balaban J connectivity index is 1.92. The van der Waals surface area contributed by atoms with Gasteiger partial charge in [-0.2, -0.15) is 0 Å². The Bertz CT molecular complexity index is 1190. The Morgan fingerprint density at radius 1 is 1.03 bits per heavy atom. The van der Waals surface area contributed by atoms with Crippen molar-refractivity contribution in [1.29, 1.82) is 0 Å². The van der Waals surface area contributed by atoms with E-state index < -0.39 is 0 Å². The standard InChI is InChI=1S/C27H31ClN4O2S/c1-3-5-15-31-27(29)32-24(33)16-21-22(20-8-6-7-9-23(20)28)17-35-25(21)18-10-12-19(13-11-18)26(34)30-14-4-2/h6-13,17H,3-5,14-16H2,1-2H3,(H,30,34)(H3,29,31,32,33). The molecule has 1 aromatic heterocycles. The van der Waals surface area contributed by atoms with Crippen LogP contribution in [0.2, 0.25) is 5.02 Å². The van der Waals surface area contributed by atoms with Gasteiger partial charge in [-0.25, -0.2) is 0 Å². The van der Waals surface area contributed by atoms with Crippen LogP contribution in [0.25, 0.3) is 21.6 Å². The molecule has 0 spiro atoms. The highest BCUT2D eigenvalue weighted by atomic mass is 35.5. The van der Waals surface area contributed by atoms with Crippen molar-refractivity contribution in [3.8, 4) is 21.6 Å². The first-order valence-corrected chi connectivity index (χ1v) is 13.0. The minimum atomic E-state index is -0.244. The fraction of sp³-hybridized carbons (Fsp3) is 0.296. The molecule has 184 valence electrons.